The maximum Gasteiger partial charge on any atom is 0.258 e. The Hall–Kier alpha value is -1.92. The van der Waals surface area contributed by atoms with Crippen LogP contribution in [0.4, 0.5) is 0 Å². The SMILES string of the molecule is CC1=CSCN1NC(=O)Cn1ccc2ccc3c(c21)CCNCC3. The molecule has 0 saturated heterocycles. The summed E-state index contributed by atoms with van der Waals surface area (Å²) in [7, 11) is 0. The molecule has 1 amide bonds. The van der Waals surface area contributed by atoms with Crippen LogP contribution in [0.2, 0.25) is 0 Å². The lowest BCUT2D eigenvalue weighted by atomic mass is 10.00. The van der Waals surface area contributed by atoms with E-state index in [4.69, 9.17) is 0 Å². The number of carbonyl (C=O) groups excluding carboxylic acids is 1. The van der Waals surface area contributed by atoms with Gasteiger partial charge in [0.25, 0.3) is 5.91 Å². The van der Waals surface area contributed by atoms with Gasteiger partial charge in [-0.25, -0.2) is 0 Å². The van der Waals surface area contributed by atoms with E-state index in [1.807, 2.05) is 18.1 Å². The highest BCUT2D eigenvalue weighted by Gasteiger charge is 2.17. The van der Waals surface area contributed by atoms with E-state index >= 15 is 0 Å². The first kappa shape index (κ1) is 15.6. The molecule has 3 heterocycles. The number of amides is 1. The molecule has 5 nitrogen and oxygen atoms in total. The van der Waals surface area contributed by atoms with Crippen molar-refractivity contribution in [2.75, 3.05) is 19.0 Å². The zero-order valence-corrected chi connectivity index (χ0v) is 14.7. The van der Waals surface area contributed by atoms with Crippen LogP contribution in [0.1, 0.15) is 18.1 Å². The van der Waals surface area contributed by atoms with Gasteiger partial charge in [-0.2, -0.15) is 0 Å². The van der Waals surface area contributed by atoms with Crippen molar-refractivity contribution in [1.82, 2.24) is 20.3 Å². The molecule has 0 saturated carbocycles. The average molecular weight is 342 g/mol. The van der Waals surface area contributed by atoms with E-state index < -0.39 is 0 Å². The first-order valence-corrected chi connectivity index (χ1v) is 9.43. The molecule has 2 N–H and O–H groups in total. The number of hydrogen-bond acceptors (Lipinski definition) is 4. The fourth-order valence-corrected chi connectivity index (χ4v) is 4.34. The Labute approximate surface area is 146 Å². The molecule has 0 aliphatic carbocycles. The molecule has 2 aliphatic heterocycles. The summed E-state index contributed by atoms with van der Waals surface area (Å²) in [6.07, 6.45) is 4.10. The van der Waals surface area contributed by atoms with Crippen molar-refractivity contribution in [2.45, 2.75) is 26.3 Å². The quantitative estimate of drug-likeness (QED) is 0.898. The van der Waals surface area contributed by atoms with Crippen LogP contribution in [0.5, 0.6) is 0 Å². The van der Waals surface area contributed by atoms with Crippen LogP contribution in [-0.4, -0.2) is 34.4 Å². The normalized spacial score (nSPS) is 17.5. The zero-order valence-electron chi connectivity index (χ0n) is 13.8. The molecule has 4 rings (SSSR count). The Morgan fingerprint density at radius 1 is 1.29 bits per heavy atom. The maximum atomic E-state index is 12.5. The van der Waals surface area contributed by atoms with Crippen molar-refractivity contribution in [2.24, 2.45) is 0 Å². The number of carbonyl (C=O) groups is 1. The Morgan fingerprint density at radius 3 is 3.00 bits per heavy atom. The van der Waals surface area contributed by atoms with Crippen molar-refractivity contribution in [3.8, 4) is 0 Å². The summed E-state index contributed by atoms with van der Waals surface area (Å²) >= 11 is 1.70. The largest absolute Gasteiger partial charge is 0.338 e. The number of hydrogen-bond donors (Lipinski definition) is 2. The summed E-state index contributed by atoms with van der Waals surface area (Å²) in [6.45, 7) is 4.39. The first-order valence-electron chi connectivity index (χ1n) is 8.38. The van der Waals surface area contributed by atoms with E-state index in [1.165, 1.54) is 22.0 Å². The Kier molecular flexibility index (Phi) is 4.24. The number of fused-ring (bicyclic) bond motifs is 3. The van der Waals surface area contributed by atoms with Crippen LogP contribution in [0.15, 0.2) is 35.5 Å². The third-order valence-corrected chi connectivity index (χ3v) is 5.63. The van der Waals surface area contributed by atoms with Gasteiger partial charge in [-0.1, -0.05) is 12.1 Å². The second-order valence-electron chi connectivity index (χ2n) is 6.35. The van der Waals surface area contributed by atoms with Crippen LogP contribution in [-0.2, 0) is 24.2 Å². The Balaban J connectivity index is 1.60. The van der Waals surface area contributed by atoms with Gasteiger partial charge in [-0.3, -0.25) is 15.2 Å². The van der Waals surface area contributed by atoms with Crippen molar-refractivity contribution in [3.63, 3.8) is 0 Å². The number of benzene rings is 1. The number of allylic oxidation sites excluding steroid dienone is 1. The molecule has 0 spiro atoms. The lowest BCUT2D eigenvalue weighted by Gasteiger charge is -2.20. The van der Waals surface area contributed by atoms with Gasteiger partial charge >= 0.3 is 0 Å². The third-order valence-electron chi connectivity index (χ3n) is 4.71. The van der Waals surface area contributed by atoms with Crippen LogP contribution in [0.25, 0.3) is 10.9 Å². The first-order chi connectivity index (χ1) is 11.7. The van der Waals surface area contributed by atoms with Gasteiger partial charge in [0, 0.05) is 11.9 Å². The Bertz CT molecular complexity index is 811. The highest BCUT2D eigenvalue weighted by Crippen LogP contribution is 2.26. The van der Waals surface area contributed by atoms with Gasteiger partial charge in [0.05, 0.1) is 11.4 Å². The average Bonchev–Trinajstić information content (AvgIpc) is 3.06. The van der Waals surface area contributed by atoms with Gasteiger partial charge < -0.3 is 9.88 Å². The monoisotopic (exact) mass is 342 g/mol. The summed E-state index contributed by atoms with van der Waals surface area (Å²) in [5, 5.41) is 8.65. The second-order valence-corrected chi connectivity index (χ2v) is 7.18. The molecule has 1 aromatic carbocycles. The minimum atomic E-state index is 0.0205. The fourth-order valence-electron chi connectivity index (χ4n) is 3.48. The lowest BCUT2D eigenvalue weighted by molar-refractivity contribution is -0.125. The molecule has 0 radical (unpaired) electrons. The molecular formula is C18H22N4OS. The smallest absolute Gasteiger partial charge is 0.258 e. The number of thioether (sulfide) groups is 1. The van der Waals surface area contributed by atoms with Crippen LogP contribution in [0, 0.1) is 0 Å². The van der Waals surface area contributed by atoms with Gasteiger partial charge in [-0.05, 0) is 60.8 Å². The zero-order chi connectivity index (χ0) is 16.5. The van der Waals surface area contributed by atoms with E-state index in [-0.39, 0.29) is 5.91 Å². The molecule has 0 fully saturated rings. The van der Waals surface area contributed by atoms with Crippen LogP contribution < -0.4 is 10.7 Å². The molecular weight excluding hydrogens is 320 g/mol. The molecule has 0 unspecified atom stereocenters. The summed E-state index contributed by atoms with van der Waals surface area (Å²) < 4.78 is 2.09. The molecule has 0 atom stereocenters. The third kappa shape index (κ3) is 2.91. The minimum Gasteiger partial charge on any atom is -0.338 e. The van der Waals surface area contributed by atoms with E-state index in [9.17, 15) is 4.79 Å². The van der Waals surface area contributed by atoms with Crippen molar-refractivity contribution in [1.29, 1.82) is 0 Å². The number of rotatable bonds is 3. The van der Waals surface area contributed by atoms with E-state index in [0.29, 0.717) is 6.54 Å². The van der Waals surface area contributed by atoms with Gasteiger partial charge in [-0.15, -0.1) is 11.8 Å². The standard InChI is InChI=1S/C18H22N4OS/c1-13-11-24-12-22(13)20-17(23)10-21-9-6-15-3-2-14-4-7-19-8-5-16(14)18(15)21/h2-3,6,9,11,19H,4-5,7-8,10,12H2,1H3,(H,20,23). The van der Waals surface area contributed by atoms with Crippen LogP contribution >= 0.6 is 11.8 Å². The molecule has 2 aliphatic rings. The second kappa shape index (κ2) is 6.53. The molecule has 6 heteroatoms. The predicted octanol–water partition coefficient (Wildman–Crippen LogP) is 2.23. The van der Waals surface area contributed by atoms with Gasteiger partial charge in [0.1, 0.15) is 6.54 Å². The van der Waals surface area contributed by atoms with E-state index in [0.717, 1.165) is 37.5 Å². The number of nitrogens with zero attached hydrogens (tertiary/aromatic N) is 2. The van der Waals surface area contributed by atoms with Crippen molar-refractivity contribution in [3.05, 3.63) is 46.6 Å². The Morgan fingerprint density at radius 2 is 2.17 bits per heavy atom. The van der Waals surface area contributed by atoms with E-state index in [2.05, 4.69) is 38.9 Å². The summed E-state index contributed by atoms with van der Waals surface area (Å²) in [6, 6.07) is 6.53. The topological polar surface area (TPSA) is 49.3 Å². The highest BCUT2D eigenvalue weighted by atomic mass is 32.2. The van der Waals surface area contributed by atoms with Gasteiger partial charge in [0.2, 0.25) is 0 Å². The predicted molar refractivity (Wildman–Crippen MR) is 98.4 cm³/mol. The number of aromatic nitrogens is 1. The summed E-state index contributed by atoms with van der Waals surface area (Å²) in [5.74, 6) is 0.803. The molecule has 2 aromatic rings. The number of hydrazine groups is 1. The van der Waals surface area contributed by atoms with Crippen molar-refractivity contribution < 1.29 is 4.79 Å². The summed E-state index contributed by atoms with van der Waals surface area (Å²) in [4.78, 5) is 12.5. The minimum absolute atomic E-state index is 0.0205. The van der Waals surface area contributed by atoms with Gasteiger partial charge in [0.15, 0.2) is 0 Å². The molecule has 0 bridgehead atoms. The highest BCUT2D eigenvalue weighted by molar-refractivity contribution is 8.02. The fraction of sp³-hybridized carbons (Fsp3) is 0.389. The molecule has 24 heavy (non-hydrogen) atoms. The summed E-state index contributed by atoms with van der Waals surface area (Å²) in [5.41, 5.74) is 8.10. The molecule has 126 valence electrons. The lowest BCUT2D eigenvalue weighted by Crippen LogP contribution is -2.40. The maximum absolute atomic E-state index is 12.5. The van der Waals surface area contributed by atoms with E-state index in [1.54, 1.807) is 11.8 Å². The van der Waals surface area contributed by atoms with Crippen molar-refractivity contribution >= 4 is 28.6 Å². The van der Waals surface area contributed by atoms with Crippen LogP contribution in [0.3, 0.4) is 0 Å². The molecule has 1 aromatic heterocycles. The number of nitrogens with one attached hydrogen (secondary N) is 2.